The first kappa shape index (κ1) is 16.0. The van der Waals surface area contributed by atoms with Crippen molar-refractivity contribution in [3.8, 4) is 11.6 Å². The maximum absolute atomic E-state index is 6.21. The molecule has 0 saturated heterocycles. The van der Waals surface area contributed by atoms with Gasteiger partial charge < -0.3 is 9.47 Å². The number of ether oxygens (including phenoxy) is 2. The van der Waals surface area contributed by atoms with Gasteiger partial charge in [0.15, 0.2) is 0 Å². The van der Waals surface area contributed by atoms with E-state index in [-0.39, 0.29) is 11.0 Å². The molecule has 0 aliphatic heterocycles. The summed E-state index contributed by atoms with van der Waals surface area (Å²) in [6.45, 7) is 0. The molecule has 2 saturated carbocycles. The summed E-state index contributed by atoms with van der Waals surface area (Å²) >= 11 is 6.21. The van der Waals surface area contributed by atoms with Gasteiger partial charge in [-0.05, 0) is 44.2 Å². The highest BCUT2D eigenvalue weighted by molar-refractivity contribution is 6.32. The van der Waals surface area contributed by atoms with Crippen molar-refractivity contribution in [2.75, 3.05) is 7.11 Å². The zero-order valence-electron chi connectivity index (χ0n) is 14.5. The van der Waals surface area contributed by atoms with E-state index in [0.717, 1.165) is 37.9 Å². The number of benzene rings is 1. The van der Waals surface area contributed by atoms with E-state index in [1.165, 1.54) is 0 Å². The van der Waals surface area contributed by atoms with E-state index >= 15 is 0 Å². The van der Waals surface area contributed by atoms with Gasteiger partial charge in [0.2, 0.25) is 5.65 Å². The molecular weight excluding hydrogens is 352 g/mol. The monoisotopic (exact) mass is 370 g/mol. The number of halogens is 1. The van der Waals surface area contributed by atoms with Crippen LogP contribution >= 0.6 is 11.6 Å². The molecule has 1 aromatic carbocycles. The molecule has 2 heterocycles. The topological polar surface area (TPSA) is 61.5 Å². The number of fused-ring (bicyclic) bond motifs is 3. The van der Waals surface area contributed by atoms with Gasteiger partial charge in [-0.1, -0.05) is 23.7 Å². The summed E-state index contributed by atoms with van der Waals surface area (Å²) in [5.74, 6) is 1.94. The first-order valence-corrected chi connectivity index (χ1v) is 9.20. The molecule has 0 amide bonds. The van der Waals surface area contributed by atoms with Crippen LogP contribution in [-0.4, -0.2) is 32.3 Å². The summed E-state index contributed by atoms with van der Waals surface area (Å²) in [5.41, 5.74) is 0.646. The van der Waals surface area contributed by atoms with Crippen molar-refractivity contribution in [1.82, 2.24) is 19.6 Å². The molecule has 26 heavy (non-hydrogen) atoms. The minimum atomic E-state index is 0.00968. The molecule has 2 aliphatic rings. The Bertz CT molecular complexity index is 979. The third-order valence-electron chi connectivity index (χ3n) is 6.02. The molecule has 0 spiro atoms. The Morgan fingerprint density at radius 2 is 1.92 bits per heavy atom. The fourth-order valence-corrected chi connectivity index (χ4v) is 4.78. The number of nitrogens with zero attached hydrogens (tertiary/aromatic N) is 4. The molecule has 0 radical (unpaired) electrons. The fraction of sp³-hybridized carbons (Fsp3) is 0.421. The van der Waals surface area contributed by atoms with Crippen molar-refractivity contribution in [3.63, 3.8) is 0 Å². The average molecular weight is 371 g/mol. The van der Waals surface area contributed by atoms with Crippen LogP contribution in [-0.2, 0) is 10.2 Å². The molecule has 2 aromatic heterocycles. The molecule has 7 heteroatoms. The van der Waals surface area contributed by atoms with Crippen LogP contribution in [0.25, 0.3) is 5.65 Å². The van der Waals surface area contributed by atoms with Gasteiger partial charge in [0, 0.05) is 24.9 Å². The number of para-hydroxylation sites is 1. The molecule has 0 atom stereocenters. The fourth-order valence-electron chi connectivity index (χ4n) is 4.60. The van der Waals surface area contributed by atoms with Crippen molar-refractivity contribution in [2.45, 2.75) is 43.1 Å². The van der Waals surface area contributed by atoms with E-state index in [4.69, 9.17) is 21.1 Å². The van der Waals surface area contributed by atoms with Gasteiger partial charge in [0.05, 0.1) is 10.6 Å². The van der Waals surface area contributed by atoms with Gasteiger partial charge in [0.25, 0.3) is 5.88 Å². The number of aromatic nitrogens is 4. The average Bonchev–Trinajstić information content (AvgIpc) is 3.36. The van der Waals surface area contributed by atoms with Crippen molar-refractivity contribution in [3.05, 3.63) is 47.5 Å². The van der Waals surface area contributed by atoms with Crippen LogP contribution in [0, 0.1) is 0 Å². The zero-order valence-corrected chi connectivity index (χ0v) is 15.2. The highest BCUT2D eigenvalue weighted by Gasteiger charge is 2.57. The molecule has 2 fully saturated rings. The second kappa shape index (κ2) is 5.66. The number of hydrogen-bond donors (Lipinski definition) is 0. The second-order valence-electron chi connectivity index (χ2n) is 7.33. The van der Waals surface area contributed by atoms with E-state index in [0.29, 0.717) is 22.3 Å². The van der Waals surface area contributed by atoms with E-state index in [9.17, 15) is 0 Å². The van der Waals surface area contributed by atoms with Crippen LogP contribution in [0.3, 0.4) is 0 Å². The molecule has 0 unspecified atom stereocenters. The molecule has 0 N–H and O–H groups in total. The van der Waals surface area contributed by atoms with E-state index in [1.807, 2.05) is 35.9 Å². The summed E-state index contributed by atoms with van der Waals surface area (Å²) < 4.78 is 13.8. The van der Waals surface area contributed by atoms with Gasteiger partial charge in [-0.25, -0.2) is 4.98 Å². The maximum Gasteiger partial charge on any atom is 0.265 e. The summed E-state index contributed by atoms with van der Waals surface area (Å²) in [4.78, 5) is 4.34. The normalized spacial score (nSPS) is 27.3. The van der Waals surface area contributed by atoms with Crippen molar-refractivity contribution < 1.29 is 9.47 Å². The largest absolute Gasteiger partial charge is 0.434 e. The molecular formula is C19H19ClN4O2. The molecule has 6 nitrogen and oxygen atoms in total. The first-order chi connectivity index (χ1) is 12.6. The van der Waals surface area contributed by atoms with Gasteiger partial charge in [-0.2, -0.15) is 0 Å². The lowest BCUT2D eigenvalue weighted by atomic mass is 9.83. The SMILES string of the molecule is COC12CCC(c3nnc4c(Oc5ccccc5Cl)nccn34)(CC1)C2. The van der Waals surface area contributed by atoms with E-state index < -0.39 is 0 Å². The minimum Gasteiger partial charge on any atom is -0.434 e. The smallest absolute Gasteiger partial charge is 0.265 e. The predicted octanol–water partition coefficient (Wildman–Crippen LogP) is 4.17. The van der Waals surface area contributed by atoms with Crippen LogP contribution in [0.2, 0.25) is 5.02 Å². The molecule has 134 valence electrons. The Hall–Kier alpha value is -2.18. The summed E-state index contributed by atoms with van der Waals surface area (Å²) in [6.07, 6.45) is 8.93. The van der Waals surface area contributed by atoms with E-state index in [1.54, 1.807) is 12.3 Å². The predicted molar refractivity (Wildman–Crippen MR) is 96.8 cm³/mol. The third kappa shape index (κ3) is 2.25. The minimum absolute atomic E-state index is 0.00968. The lowest BCUT2D eigenvalue weighted by Gasteiger charge is -2.25. The second-order valence-corrected chi connectivity index (χ2v) is 7.73. The standard InChI is InChI=1S/C19H19ClN4O2/c1-25-19-8-6-18(12-19,7-9-19)17-23-22-15-16(21-10-11-24(15)17)26-14-5-3-2-4-13(14)20/h2-5,10-11H,6-9,12H2,1H3. The summed E-state index contributed by atoms with van der Waals surface area (Å²) in [5, 5.41) is 9.47. The maximum atomic E-state index is 6.21. The van der Waals surface area contributed by atoms with Crippen LogP contribution in [0.4, 0.5) is 0 Å². The van der Waals surface area contributed by atoms with Crippen LogP contribution in [0.15, 0.2) is 36.7 Å². The third-order valence-corrected chi connectivity index (χ3v) is 6.34. The quantitative estimate of drug-likeness (QED) is 0.689. The molecule has 5 rings (SSSR count). The Morgan fingerprint density at radius 3 is 2.65 bits per heavy atom. The van der Waals surface area contributed by atoms with Crippen LogP contribution in [0.1, 0.15) is 37.9 Å². The number of rotatable bonds is 4. The van der Waals surface area contributed by atoms with Gasteiger partial charge in [-0.15, -0.1) is 10.2 Å². The lowest BCUT2D eigenvalue weighted by molar-refractivity contribution is -0.000309. The number of hydrogen-bond acceptors (Lipinski definition) is 5. The van der Waals surface area contributed by atoms with Crippen molar-refractivity contribution in [2.24, 2.45) is 0 Å². The Balaban J connectivity index is 1.56. The summed E-state index contributed by atoms with van der Waals surface area (Å²) in [7, 11) is 1.82. The van der Waals surface area contributed by atoms with Crippen molar-refractivity contribution >= 4 is 17.2 Å². The Labute approximate surface area is 156 Å². The number of methoxy groups -OCH3 is 1. The molecule has 2 bridgehead atoms. The van der Waals surface area contributed by atoms with Gasteiger partial charge in [0.1, 0.15) is 11.6 Å². The van der Waals surface area contributed by atoms with Crippen LogP contribution in [0.5, 0.6) is 11.6 Å². The molecule has 2 aliphatic carbocycles. The van der Waals surface area contributed by atoms with Crippen LogP contribution < -0.4 is 4.74 Å². The highest BCUT2D eigenvalue weighted by atomic mass is 35.5. The van der Waals surface area contributed by atoms with E-state index in [2.05, 4.69) is 15.2 Å². The zero-order chi connectivity index (χ0) is 17.8. The highest BCUT2D eigenvalue weighted by Crippen LogP contribution is 2.58. The Morgan fingerprint density at radius 1 is 1.12 bits per heavy atom. The first-order valence-electron chi connectivity index (χ1n) is 8.83. The Kier molecular flexibility index (Phi) is 3.49. The lowest BCUT2D eigenvalue weighted by Crippen LogP contribution is -2.24. The summed E-state index contributed by atoms with van der Waals surface area (Å²) in [6, 6.07) is 7.33. The van der Waals surface area contributed by atoms with Gasteiger partial charge in [-0.3, -0.25) is 4.40 Å². The van der Waals surface area contributed by atoms with Crippen molar-refractivity contribution in [1.29, 1.82) is 0 Å². The van der Waals surface area contributed by atoms with Gasteiger partial charge >= 0.3 is 0 Å². The molecule has 3 aromatic rings.